The van der Waals surface area contributed by atoms with Gasteiger partial charge in [0.25, 0.3) is 0 Å². The van der Waals surface area contributed by atoms with Crippen LogP contribution in [0.4, 0.5) is 0 Å². The first kappa shape index (κ1) is 3.05. The SMILES string of the molecule is [3H]N1CCN(C)CC1.[3H][3H]. The summed E-state index contributed by atoms with van der Waals surface area (Å²) in [6.07, 6.45) is 0. The van der Waals surface area contributed by atoms with Crippen LogP contribution >= 0.6 is 0 Å². The third-order valence-corrected chi connectivity index (χ3v) is 1.28. The summed E-state index contributed by atoms with van der Waals surface area (Å²) in [5.41, 5.74) is 0. The molecule has 0 aliphatic carbocycles. The summed E-state index contributed by atoms with van der Waals surface area (Å²) in [5.74, 6) is 0. The van der Waals surface area contributed by atoms with Crippen molar-refractivity contribution in [2.45, 2.75) is 0 Å². The van der Waals surface area contributed by atoms with Gasteiger partial charge in [0.15, 0.2) is 0 Å². The van der Waals surface area contributed by atoms with E-state index in [2.05, 4.69) is 11.9 Å². The lowest BCUT2D eigenvalue weighted by molar-refractivity contribution is 0.291. The van der Waals surface area contributed by atoms with Crippen molar-refractivity contribution in [1.29, 1.82) is 0 Å². The van der Waals surface area contributed by atoms with Crippen LogP contribution in [0.15, 0.2) is 0 Å². The highest BCUT2D eigenvalue weighted by Crippen LogP contribution is 1.82. The summed E-state index contributed by atoms with van der Waals surface area (Å²) < 4.78 is 17.2. The van der Waals surface area contributed by atoms with Crippen molar-refractivity contribution in [3.63, 3.8) is 0 Å². The maximum atomic E-state index is 7.17. The minimum Gasteiger partial charge on any atom is -0.314 e. The zero-order valence-electron chi connectivity index (χ0n) is 7.72. The third kappa shape index (κ3) is 1.45. The molecule has 7 heavy (non-hydrogen) atoms. The molecule has 2 heteroatoms. The summed E-state index contributed by atoms with van der Waals surface area (Å²) in [5, 5.41) is 1.61. The molecule has 0 spiro atoms. The summed E-state index contributed by atoms with van der Waals surface area (Å²) in [6.45, 7) is 3.89. The van der Waals surface area contributed by atoms with Crippen LogP contribution in [-0.4, -0.2) is 38.1 Å². The van der Waals surface area contributed by atoms with Crippen molar-refractivity contribution < 1.29 is 4.38 Å². The van der Waals surface area contributed by atoms with Crippen LogP contribution in [0, 0.1) is 0 Å². The molecule has 1 saturated heterocycles. The van der Waals surface area contributed by atoms with Crippen LogP contribution in [0.3, 0.4) is 0 Å². The zero-order valence-corrected chi connectivity index (χ0v) is 4.72. The first-order chi connectivity index (χ1) is 4.79. The summed E-state index contributed by atoms with van der Waals surface area (Å²) >= 11 is 0. The topological polar surface area (TPSA) is 15.3 Å². The van der Waals surface area contributed by atoms with E-state index in [9.17, 15) is 0 Å². The minimum atomic E-state index is 0.899. The van der Waals surface area contributed by atoms with E-state index in [1.165, 1.54) is 0 Å². The molecule has 0 unspecified atom stereocenters. The van der Waals surface area contributed by atoms with Crippen LogP contribution in [0.2, 0.25) is 1.41 Å². The van der Waals surface area contributed by atoms with E-state index in [0.29, 0.717) is 0 Å². The molecule has 1 fully saturated rings. The molecule has 0 amide bonds. The fourth-order valence-electron chi connectivity index (χ4n) is 0.706. The predicted molar refractivity (Wildman–Crippen MR) is 32.5 cm³/mol. The molecule has 0 atom stereocenters. The molecule has 1 rings (SSSR count). The molecule has 1 heterocycles. The maximum absolute atomic E-state index is 7.17. The molecule has 0 saturated carbocycles. The molecular formula is C5H14N2. The van der Waals surface area contributed by atoms with Crippen LogP contribution in [0.25, 0.3) is 0 Å². The van der Waals surface area contributed by atoms with Gasteiger partial charge < -0.3 is 10.2 Å². The van der Waals surface area contributed by atoms with E-state index in [1.54, 1.807) is 5.31 Å². The van der Waals surface area contributed by atoms with Gasteiger partial charge in [-0.25, -0.2) is 0 Å². The smallest absolute Gasteiger partial charge is 0.122 e. The van der Waals surface area contributed by atoms with Gasteiger partial charge in [-0.05, 0) is 7.05 Å². The highest BCUT2D eigenvalue weighted by Gasteiger charge is 2.01. The lowest BCUT2D eigenvalue weighted by Crippen LogP contribution is -2.40. The molecule has 0 aromatic carbocycles. The molecule has 1 N–H and O–H groups in total. The van der Waals surface area contributed by atoms with Gasteiger partial charge in [-0.3, -0.25) is 0 Å². The predicted octanol–water partition coefficient (Wildman–Crippen LogP) is -0.233. The Labute approximate surface area is 49.1 Å². The van der Waals surface area contributed by atoms with Crippen LogP contribution in [-0.2, 0) is 0 Å². The van der Waals surface area contributed by atoms with Crippen LogP contribution in [0.1, 0.15) is 2.97 Å². The van der Waals surface area contributed by atoms with Gasteiger partial charge in [-0.15, -0.1) is 0 Å². The minimum absolute atomic E-state index is 0.899. The average Bonchev–Trinajstić information content (AvgIpc) is 2.00. The molecule has 0 aromatic heterocycles. The number of rotatable bonds is 0. The van der Waals surface area contributed by atoms with E-state index < -0.39 is 0 Å². The monoisotopic (exact) mass is 108 g/mol. The van der Waals surface area contributed by atoms with Crippen molar-refractivity contribution in [1.82, 2.24) is 10.2 Å². The number of nitrogens with zero attached hydrogens (tertiary/aromatic N) is 1. The fourth-order valence-corrected chi connectivity index (χ4v) is 0.706. The van der Waals surface area contributed by atoms with Crippen LogP contribution in [0.5, 0.6) is 0 Å². The maximum Gasteiger partial charge on any atom is 0.122 e. The second-order valence-electron chi connectivity index (χ2n) is 1.97. The number of hydrogen-bond donors (Lipinski definition) is 1. The van der Waals surface area contributed by atoms with Gasteiger partial charge in [-0.1, -0.05) is 0 Å². The quantitative estimate of drug-likeness (QED) is 0.461. The first-order valence-electron chi connectivity index (χ1n) is 4.16. The lowest BCUT2D eigenvalue weighted by atomic mass is 10.4. The Morgan fingerprint density at radius 2 is 2.43 bits per heavy atom. The summed E-state index contributed by atoms with van der Waals surface area (Å²) in [6, 6.07) is 0. The summed E-state index contributed by atoms with van der Waals surface area (Å²) in [4.78, 5) is 2.24. The van der Waals surface area contributed by atoms with Crippen molar-refractivity contribution in [3.8, 4) is 0 Å². The first-order valence-corrected chi connectivity index (χ1v) is 2.71. The second kappa shape index (κ2) is 2.28. The molecular weight excluding hydrogens is 88.1 g/mol. The normalized spacial score (nSPS) is 31.3. The van der Waals surface area contributed by atoms with Gasteiger partial charge in [0.2, 0.25) is 0 Å². The Balaban J connectivity index is 0.000000371. The number of likely N-dealkylation sites (N-methyl/N-ethyl adjacent to an activating group) is 1. The van der Waals surface area contributed by atoms with Gasteiger partial charge in [0, 0.05) is 29.1 Å². The molecule has 44 valence electrons. The summed E-state index contributed by atoms with van der Waals surface area (Å²) in [7, 11) is 2.09. The van der Waals surface area contributed by atoms with E-state index in [4.69, 9.17) is 4.38 Å². The third-order valence-electron chi connectivity index (χ3n) is 1.28. The van der Waals surface area contributed by atoms with Crippen molar-refractivity contribution >= 4 is 0 Å². The lowest BCUT2D eigenvalue weighted by Gasteiger charge is -2.21. The zero-order chi connectivity index (χ0) is 7.98. The van der Waals surface area contributed by atoms with Gasteiger partial charge in [-0.2, -0.15) is 0 Å². The number of nitrogens with one attached hydrogen (secondary N) is 1. The number of hydrogen-bond acceptors (Lipinski definition) is 2. The van der Waals surface area contributed by atoms with E-state index in [0.717, 1.165) is 26.2 Å². The molecule has 0 bridgehead atoms. The van der Waals surface area contributed by atoms with Gasteiger partial charge >= 0.3 is 0 Å². The Morgan fingerprint density at radius 1 is 1.86 bits per heavy atom. The van der Waals surface area contributed by atoms with E-state index >= 15 is 0 Å². The Morgan fingerprint density at radius 3 is 2.86 bits per heavy atom. The van der Waals surface area contributed by atoms with Crippen molar-refractivity contribution in [2.75, 3.05) is 33.2 Å². The average molecular weight is 108 g/mol. The Hall–Kier alpha value is -0.0800. The molecule has 2 nitrogen and oxygen atoms in total. The molecule has 0 radical (unpaired) electrons. The van der Waals surface area contributed by atoms with Gasteiger partial charge in [0.05, 0.1) is 0 Å². The molecule has 1 aliphatic heterocycles. The highest BCUT2D eigenvalue weighted by atomic mass is 15.2. The molecule has 1 aliphatic rings. The Bertz CT molecular complexity index is 63.3. The van der Waals surface area contributed by atoms with Gasteiger partial charge in [0.1, 0.15) is 1.41 Å². The standard InChI is InChI=1S/C5H12N2.H2/c1-7-4-2-6-3-5-7;/h6H,2-5H2,1H3;1H/i;1+2T/hT. The van der Waals surface area contributed by atoms with E-state index in [-0.39, 0.29) is 0 Å². The second-order valence-corrected chi connectivity index (χ2v) is 1.97. The number of piperazine rings is 1. The highest BCUT2D eigenvalue weighted by molar-refractivity contribution is 4.62. The van der Waals surface area contributed by atoms with Crippen molar-refractivity contribution in [2.24, 2.45) is 0 Å². The Kier molecular flexibility index (Phi) is 0.995. The van der Waals surface area contributed by atoms with E-state index in [1.807, 2.05) is 0 Å². The molecule has 0 aromatic rings. The fraction of sp³-hybridized carbons (Fsp3) is 1.00. The van der Waals surface area contributed by atoms with Crippen molar-refractivity contribution in [3.05, 3.63) is 0 Å². The largest absolute Gasteiger partial charge is 0.314 e. The van der Waals surface area contributed by atoms with Crippen LogP contribution < -0.4 is 5.31 Å².